The summed E-state index contributed by atoms with van der Waals surface area (Å²) in [6.07, 6.45) is 1.76. The molecule has 0 aliphatic carbocycles. The SMILES string of the molecule is Cc1cc(NC(=O)CN2CCCC(C(=O)Nc3ccccc3)C2)ccc1Br. The van der Waals surface area contributed by atoms with Gasteiger partial charge in [0.05, 0.1) is 12.5 Å². The highest BCUT2D eigenvalue weighted by molar-refractivity contribution is 9.10. The number of nitrogens with one attached hydrogen (secondary N) is 2. The van der Waals surface area contributed by atoms with Gasteiger partial charge >= 0.3 is 0 Å². The van der Waals surface area contributed by atoms with E-state index in [9.17, 15) is 9.59 Å². The highest BCUT2D eigenvalue weighted by Crippen LogP contribution is 2.21. The molecule has 0 bridgehead atoms. The average molecular weight is 430 g/mol. The molecule has 0 aromatic heterocycles. The van der Waals surface area contributed by atoms with E-state index in [-0.39, 0.29) is 17.7 Å². The Kier molecular flexibility index (Phi) is 6.63. The van der Waals surface area contributed by atoms with Gasteiger partial charge in [-0.2, -0.15) is 0 Å². The minimum atomic E-state index is -0.0957. The van der Waals surface area contributed by atoms with Gasteiger partial charge in [-0.15, -0.1) is 0 Å². The Bertz CT molecular complexity index is 810. The van der Waals surface area contributed by atoms with Crippen LogP contribution in [0.5, 0.6) is 0 Å². The van der Waals surface area contributed by atoms with E-state index in [1.54, 1.807) is 0 Å². The van der Waals surface area contributed by atoms with Gasteiger partial charge in [-0.3, -0.25) is 14.5 Å². The van der Waals surface area contributed by atoms with Crippen LogP contribution in [0.1, 0.15) is 18.4 Å². The summed E-state index contributed by atoms with van der Waals surface area (Å²) in [7, 11) is 0. The van der Waals surface area contributed by atoms with E-state index in [0.29, 0.717) is 13.1 Å². The van der Waals surface area contributed by atoms with Crippen LogP contribution in [0, 0.1) is 12.8 Å². The molecule has 1 aliphatic rings. The summed E-state index contributed by atoms with van der Waals surface area (Å²) >= 11 is 3.46. The number of carbonyl (C=O) groups excluding carboxylic acids is 2. The van der Waals surface area contributed by atoms with Gasteiger partial charge in [0, 0.05) is 22.4 Å². The second-order valence-electron chi connectivity index (χ2n) is 6.94. The molecule has 6 heteroatoms. The molecule has 0 spiro atoms. The summed E-state index contributed by atoms with van der Waals surface area (Å²) in [6, 6.07) is 15.2. The second kappa shape index (κ2) is 9.15. The maximum atomic E-state index is 12.5. The lowest BCUT2D eigenvalue weighted by Crippen LogP contribution is -2.43. The van der Waals surface area contributed by atoms with Crippen molar-refractivity contribution in [2.75, 3.05) is 30.3 Å². The molecule has 5 nitrogen and oxygen atoms in total. The summed E-state index contributed by atoms with van der Waals surface area (Å²) in [5.41, 5.74) is 2.67. The van der Waals surface area contributed by atoms with E-state index in [1.807, 2.05) is 55.5 Å². The lowest BCUT2D eigenvalue weighted by atomic mass is 9.97. The first-order chi connectivity index (χ1) is 13.0. The van der Waals surface area contributed by atoms with Crippen molar-refractivity contribution in [1.29, 1.82) is 0 Å². The largest absolute Gasteiger partial charge is 0.326 e. The fourth-order valence-electron chi connectivity index (χ4n) is 3.31. The molecular weight excluding hydrogens is 406 g/mol. The standard InChI is InChI=1S/C21H24BrN3O2/c1-15-12-18(9-10-19(15)22)23-20(26)14-25-11-5-6-16(13-25)21(27)24-17-7-3-2-4-8-17/h2-4,7-10,12,16H,5-6,11,13-14H2,1H3,(H,23,26)(H,24,27). The van der Waals surface area contributed by atoms with Crippen molar-refractivity contribution in [2.24, 2.45) is 5.92 Å². The number of piperidine rings is 1. The Morgan fingerprint density at radius 3 is 2.63 bits per heavy atom. The van der Waals surface area contributed by atoms with Crippen molar-refractivity contribution in [3.63, 3.8) is 0 Å². The Labute approximate surface area is 168 Å². The molecule has 1 heterocycles. The van der Waals surface area contributed by atoms with Crippen LogP contribution in [0.4, 0.5) is 11.4 Å². The highest BCUT2D eigenvalue weighted by atomic mass is 79.9. The molecule has 2 amide bonds. The lowest BCUT2D eigenvalue weighted by Gasteiger charge is -2.31. The number of benzene rings is 2. The van der Waals surface area contributed by atoms with Gasteiger partial charge in [-0.1, -0.05) is 34.1 Å². The van der Waals surface area contributed by atoms with E-state index in [2.05, 4.69) is 31.5 Å². The fraction of sp³-hybridized carbons (Fsp3) is 0.333. The summed E-state index contributed by atoms with van der Waals surface area (Å²) in [6.45, 7) is 3.72. The maximum Gasteiger partial charge on any atom is 0.238 e. The number of nitrogens with zero attached hydrogens (tertiary/aromatic N) is 1. The molecule has 1 atom stereocenters. The summed E-state index contributed by atoms with van der Waals surface area (Å²) in [5, 5.41) is 5.91. The zero-order valence-corrected chi connectivity index (χ0v) is 17.0. The Hall–Kier alpha value is -2.18. The normalized spacial score (nSPS) is 17.3. The zero-order valence-electron chi connectivity index (χ0n) is 15.4. The summed E-state index contributed by atoms with van der Waals surface area (Å²) < 4.78 is 1.02. The van der Waals surface area contributed by atoms with E-state index in [0.717, 1.165) is 40.8 Å². The number of likely N-dealkylation sites (tertiary alicyclic amines) is 1. The molecule has 1 fully saturated rings. The summed E-state index contributed by atoms with van der Waals surface area (Å²) in [5.74, 6) is -0.127. The van der Waals surface area contributed by atoms with Crippen LogP contribution in [-0.4, -0.2) is 36.3 Å². The first kappa shape index (κ1) is 19.6. The monoisotopic (exact) mass is 429 g/mol. The van der Waals surface area contributed by atoms with E-state index >= 15 is 0 Å². The number of halogens is 1. The summed E-state index contributed by atoms with van der Waals surface area (Å²) in [4.78, 5) is 27.0. The number of anilines is 2. The minimum Gasteiger partial charge on any atom is -0.326 e. The zero-order chi connectivity index (χ0) is 19.2. The smallest absolute Gasteiger partial charge is 0.238 e. The topological polar surface area (TPSA) is 61.4 Å². The fourth-order valence-corrected chi connectivity index (χ4v) is 3.55. The van der Waals surface area contributed by atoms with Gasteiger partial charge in [0.25, 0.3) is 0 Å². The van der Waals surface area contributed by atoms with Crippen LogP contribution in [0.2, 0.25) is 0 Å². The Balaban J connectivity index is 1.52. The van der Waals surface area contributed by atoms with Gasteiger partial charge in [-0.25, -0.2) is 0 Å². The van der Waals surface area contributed by atoms with Crippen LogP contribution >= 0.6 is 15.9 Å². The van der Waals surface area contributed by atoms with Gasteiger partial charge in [0.2, 0.25) is 11.8 Å². The van der Waals surface area contributed by atoms with Gasteiger partial charge in [0.15, 0.2) is 0 Å². The molecule has 2 aromatic carbocycles. The molecule has 1 aliphatic heterocycles. The molecule has 3 rings (SSSR count). The Morgan fingerprint density at radius 2 is 1.89 bits per heavy atom. The number of rotatable bonds is 5. The van der Waals surface area contributed by atoms with Crippen LogP contribution < -0.4 is 10.6 Å². The molecule has 27 heavy (non-hydrogen) atoms. The molecule has 142 valence electrons. The average Bonchev–Trinajstić information content (AvgIpc) is 2.66. The molecule has 1 unspecified atom stereocenters. The van der Waals surface area contributed by atoms with Crippen LogP contribution in [-0.2, 0) is 9.59 Å². The number of hydrogen-bond acceptors (Lipinski definition) is 3. The van der Waals surface area contributed by atoms with Crippen LogP contribution in [0.3, 0.4) is 0 Å². The predicted molar refractivity (Wildman–Crippen MR) is 112 cm³/mol. The molecule has 1 saturated heterocycles. The third-order valence-corrected chi connectivity index (χ3v) is 5.62. The van der Waals surface area contributed by atoms with Gasteiger partial charge in [-0.05, 0) is 62.2 Å². The van der Waals surface area contributed by atoms with Crippen molar-refractivity contribution < 1.29 is 9.59 Å². The van der Waals surface area contributed by atoms with Crippen molar-refractivity contribution in [3.8, 4) is 0 Å². The number of amides is 2. The number of para-hydroxylation sites is 1. The quantitative estimate of drug-likeness (QED) is 0.753. The van der Waals surface area contributed by atoms with E-state index in [4.69, 9.17) is 0 Å². The van der Waals surface area contributed by atoms with Gasteiger partial charge < -0.3 is 10.6 Å². The van der Waals surface area contributed by atoms with Crippen molar-refractivity contribution in [1.82, 2.24) is 4.90 Å². The Morgan fingerprint density at radius 1 is 1.11 bits per heavy atom. The third-order valence-electron chi connectivity index (χ3n) is 4.73. The molecule has 2 aromatic rings. The minimum absolute atomic E-state index is 0.0230. The predicted octanol–water partition coefficient (Wildman–Crippen LogP) is 4.05. The number of carbonyl (C=O) groups is 2. The van der Waals surface area contributed by atoms with Crippen molar-refractivity contribution >= 4 is 39.1 Å². The molecule has 2 N–H and O–H groups in total. The first-order valence-electron chi connectivity index (χ1n) is 9.15. The van der Waals surface area contributed by atoms with E-state index < -0.39 is 0 Å². The number of aryl methyl sites for hydroxylation is 1. The molecule has 0 radical (unpaired) electrons. The second-order valence-corrected chi connectivity index (χ2v) is 7.80. The highest BCUT2D eigenvalue weighted by Gasteiger charge is 2.26. The van der Waals surface area contributed by atoms with Crippen molar-refractivity contribution in [3.05, 3.63) is 58.6 Å². The van der Waals surface area contributed by atoms with Crippen LogP contribution in [0.15, 0.2) is 53.0 Å². The first-order valence-corrected chi connectivity index (χ1v) is 9.95. The maximum absolute atomic E-state index is 12.5. The van der Waals surface area contributed by atoms with E-state index in [1.165, 1.54) is 0 Å². The van der Waals surface area contributed by atoms with Gasteiger partial charge in [0.1, 0.15) is 0 Å². The number of hydrogen-bond donors (Lipinski definition) is 2. The lowest BCUT2D eigenvalue weighted by molar-refractivity contribution is -0.123. The van der Waals surface area contributed by atoms with Crippen LogP contribution in [0.25, 0.3) is 0 Å². The molecular formula is C21H24BrN3O2. The molecule has 0 saturated carbocycles. The third kappa shape index (κ3) is 5.65. The van der Waals surface area contributed by atoms with Crippen molar-refractivity contribution in [2.45, 2.75) is 19.8 Å².